The van der Waals surface area contributed by atoms with Crippen LogP contribution >= 0.6 is 0 Å². The van der Waals surface area contributed by atoms with Gasteiger partial charge in [-0.15, -0.1) is 0 Å². The predicted octanol–water partition coefficient (Wildman–Crippen LogP) is 3.43. The first kappa shape index (κ1) is 18.5. The first-order chi connectivity index (χ1) is 13.4. The minimum atomic E-state index is -0.253. The van der Waals surface area contributed by atoms with Crippen LogP contribution in [0.2, 0.25) is 0 Å². The lowest BCUT2D eigenvalue weighted by Crippen LogP contribution is -2.31. The molecule has 0 aliphatic carbocycles. The van der Waals surface area contributed by atoms with E-state index in [1.54, 1.807) is 0 Å². The zero-order chi connectivity index (χ0) is 19.7. The number of ether oxygens (including phenoxy) is 4. The SMILES string of the molecule is C[C@H](NC(=O)COc1cccc2c1OC(C)(C)C2)c1ccc2c(c1)OCCO2. The second kappa shape index (κ2) is 7.26. The molecule has 28 heavy (non-hydrogen) atoms. The summed E-state index contributed by atoms with van der Waals surface area (Å²) in [4.78, 5) is 12.4. The summed E-state index contributed by atoms with van der Waals surface area (Å²) in [6.45, 7) is 7.02. The van der Waals surface area contributed by atoms with E-state index in [2.05, 4.69) is 5.32 Å². The number of carbonyl (C=O) groups excluding carboxylic acids is 1. The Morgan fingerprint density at radius 1 is 1.18 bits per heavy atom. The highest BCUT2D eigenvalue weighted by Crippen LogP contribution is 2.41. The summed E-state index contributed by atoms with van der Waals surface area (Å²) in [6, 6.07) is 11.3. The van der Waals surface area contributed by atoms with Crippen LogP contribution in [0.1, 0.15) is 37.9 Å². The summed E-state index contributed by atoms with van der Waals surface area (Å²) in [5.74, 6) is 2.58. The molecule has 0 bridgehead atoms. The lowest BCUT2D eigenvalue weighted by atomic mass is 10.0. The predicted molar refractivity (Wildman–Crippen MR) is 104 cm³/mol. The molecule has 2 aromatic carbocycles. The Balaban J connectivity index is 1.36. The van der Waals surface area contributed by atoms with Gasteiger partial charge in [0.15, 0.2) is 29.6 Å². The third-order valence-corrected chi connectivity index (χ3v) is 4.86. The maximum absolute atomic E-state index is 12.4. The normalized spacial score (nSPS) is 17.2. The van der Waals surface area contributed by atoms with Crippen LogP contribution in [0, 0.1) is 0 Å². The number of hydrogen-bond donors (Lipinski definition) is 1. The first-order valence-corrected chi connectivity index (χ1v) is 9.54. The van der Waals surface area contributed by atoms with E-state index in [4.69, 9.17) is 18.9 Å². The maximum atomic E-state index is 12.4. The largest absolute Gasteiger partial charge is 0.486 e. The Hall–Kier alpha value is -2.89. The van der Waals surface area contributed by atoms with Gasteiger partial charge in [-0.3, -0.25) is 4.79 Å². The molecule has 0 saturated carbocycles. The van der Waals surface area contributed by atoms with E-state index in [-0.39, 0.29) is 24.2 Å². The van der Waals surface area contributed by atoms with Crippen LogP contribution in [-0.2, 0) is 11.2 Å². The van der Waals surface area contributed by atoms with Gasteiger partial charge in [0, 0.05) is 12.0 Å². The molecule has 0 fully saturated rings. The van der Waals surface area contributed by atoms with Crippen LogP contribution in [0.5, 0.6) is 23.0 Å². The first-order valence-electron chi connectivity index (χ1n) is 9.54. The van der Waals surface area contributed by atoms with Crippen LogP contribution < -0.4 is 24.3 Å². The van der Waals surface area contributed by atoms with Gasteiger partial charge in [0.1, 0.15) is 18.8 Å². The van der Waals surface area contributed by atoms with Gasteiger partial charge in [-0.25, -0.2) is 0 Å². The molecule has 1 N–H and O–H groups in total. The average molecular weight is 383 g/mol. The quantitative estimate of drug-likeness (QED) is 0.857. The van der Waals surface area contributed by atoms with Gasteiger partial charge < -0.3 is 24.3 Å². The van der Waals surface area contributed by atoms with Crippen molar-refractivity contribution >= 4 is 5.91 Å². The van der Waals surface area contributed by atoms with E-state index in [1.807, 2.05) is 57.2 Å². The van der Waals surface area contributed by atoms with Crippen molar-refractivity contribution in [2.45, 2.75) is 38.8 Å². The number of rotatable bonds is 5. The van der Waals surface area contributed by atoms with E-state index >= 15 is 0 Å². The molecule has 2 aliphatic rings. The molecule has 0 spiro atoms. The van der Waals surface area contributed by atoms with E-state index < -0.39 is 0 Å². The van der Waals surface area contributed by atoms with Crippen molar-refractivity contribution < 1.29 is 23.7 Å². The van der Waals surface area contributed by atoms with Crippen LogP contribution in [0.4, 0.5) is 0 Å². The minimum Gasteiger partial charge on any atom is -0.486 e. The van der Waals surface area contributed by atoms with Gasteiger partial charge in [-0.2, -0.15) is 0 Å². The summed E-state index contributed by atoms with van der Waals surface area (Å²) < 4.78 is 22.9. The lowest BCUT2D eigenvalue weighted by Gasteiger charge is -2.21. The molecule has 4 rings (SSSR count). The molecule has 2 aromatic rings. The second-order valence-corrected chi connectivity index (χ2v) is 7.76. The standard InChI is InChI=1S/C22H25NO5/c1-14(15-7-8-17-19(11-15)26-10-9-25-17)23-20(24)13-27-18-6-4-5-16-12-22(2,3)28-21(16)18/h4-8,11,14H,9-10,12-13H2,1-3H3,(H,23,24)/t14-/m0/s1. The van der Waals surface area contributed by atoms with Gasteiger partial charge in [-0.05, 0) is 44.5 Å². The second-order valence-electron chi connectivity index (χ2n) is 7.76. The number of fused-ring (bicyclic) bond motifs is 2. The van der Waals surface area contributed by atoms with Crippen molar-refractivity contribution in [2.75, 3.05) is 19.8 Å². The van der Waals surface area contributed by atoms with Gasteiger partial charge in [0.05, 0.1) is 6.04 Å². The number of nitrogens with one attached hydrogen (secondary N) is 1. The highest BCUT2D eigenvalue weighted by Gasteiger charge is 2.32. The van der Waals surface area contributed by atoms with Crippen molar-refractivity contribution in [2.24, 2.45) is 0 Å². The molecular formula is C22H25NO5. The summed E-state index contributed by atoms with van der Waals surface area (Å²) in [5.41, 5.74) is 1.80. The summed E-state index contributed by atoms with van der Waals surface area (Å²) >= 11 is 0. The number of hydrogen-bond acceptors (Lipinski definition) is 5. The maximum Gasteiger partial charge on any atom is 0.258 e. The molecule has 2 heterocycles. The monoisotopic (exact) mass is 383 g/mol. The molecule has 6 nitrogen and oxygen atoms in total. The fourth-order valence-electron chi connectivity index (χ4n) is 3.54. The molecule has 6 heteroatoms. The molecular weight excluding hydrogens is 358 g/mol. The van der Waals surface area contributed by atoms with Crippen molar-refractivity contribution in [1.29, 1.82) is 0 Å². The minimum absolute atomic E-state index is 0.0743. The molecule has 0 unspecified atom stereocenters. The van der Waals surface area contributed by atoms with Gasteiger partial charge in [-0.1, -0.05) is 18.2 Å². The fraction of sp³-hybridized carbons (Fsp3) is 0.409. The molecule has 0 saturated heterocycles. The van der Waals surface area contributed by atoms with Crippen molar-refractivity contribution in [1.82, 2.24) is 5.32 Å². The van der Waals surface area contributed by atoms with E-state index in [0.29, 0.717) is 24.7 Å². The molecule has 0 aromatic heterocycles. The smallest absolute Gasteiger partial charge is 0.258 e. The number of para-hydroxylation sites is 1. The van der Waals surface area contributed by atoms with E-state index in [0.717, 1.165) is 29.0 Å². The highest BCUT2D eigenvalue weighted by atomic mass is 16.6. The lowest BCUT2D eigenvalue weighted by molar-refractivity contribution is -0.123. The van der Waals surface area contributed by atoms with Crippen molar-refractivity contribution in [3.05, 3.63) is 47.5 Å². The summed E-state index contributed by atoms with van der Waals surface area (Å²) in [6.07, 6.45) is 0.826. The molecule has 148 valence electrons. The average Bonchev–Trinajstić information content (AvgIpc) is 3.00. The molecule has 1 amide bonds. The zero-order valence-electron chi connectivity index (χ0n) is 16.4. The van der Waals surface area contributed by atoms with Crippen molar-refractivity contribution in [3.63, 3.8) is 0 Å². The number of benzene rings is 2. The summed E-state index contributed by atoms with van der Waals surface area (Å²) in [5, 5.41) is 2.96. The van der Waals surface area contributed by atoms with E-state index in [1.165, 1.54) is 0 Å². The fourth-order valence-corrected chi connectivity index (χ4v) is 3.54. The van der Waals surface area contributed by atoms with Crippen LogP contribution in [-0.4, -0.2) is 31.3 Å². The Morgan fingerprint density at radius 3 is 2.79 bits per heavy atom. The Kier molecular flexibility index (Phi) is 4.79. The van der Waals surface area contributed by atoms with Gasteiger partial charge >= 0.3 is 0 Å². The van der Waals surface area contributed by atoms with Crippen LogP contribution in [0.3, 0.4) is 0 Å². The third-order valence-electron chi connectivity index (χ3n) is 4.86. The Morgan fingerprint density at radius 2 is 1.96 bits per heavy atom. The van der Waals surface area contributed by atoms with Crippen LogP contribution in [0.15, 0.2) is 36.4 Å². The molecule has 0 radical (unpaired) electrons. The topological polar surface area (TPSA) is 66.0 Å². The van der Waals surface area contributed by atoms with Gasteiger partial charge in [0.2, 0.25) is 0 Å². The summed E-state index contributed by atoms with van der Waals surface area (Å²) in [7, 11) is 0. The third kappa shape index (κ3) is 3.86. The Bertz CT molecular complexity index is 892. The van der Waals surface area contributed by atoms with Crippen LogP contribution in [0.25, 0.3) is 0 Å². The number of carbonyl (C=O) groups is 1. The zero-order valence-corrected chi connectivity index (χ0v) is 16.4. The Labute approximate surface area is 164 Å². The van der Waals surface area contributed by atoms with Gasteiger partial charge in [0.25, 0.3) is 5.91 Å². The number of amides is 1. The van der Waals surface area contributed by atoms with E-state index in [9.17, 15) is 4.79 Å². The highest BCUT2D eigenvalue weighted by molar-refractivity contribution is 5.78. The van der Waals surface area contributed by atoms with Crippen molar-refractivity contribution in [3.8, 4) is 23.0 Å². The molecule has 2 aliphatic heterocycles. The molecule has 1 atom stereocenters.